The SMILES string of the molecule is O=CN(Cc1cnc(Nc2ccccn2)s1)c1cc(C(=O)NC2CC2)ccc1F. The number of carbonyl (C=O) groups is 2. The number of thiazole rings is 1. The molecule has 3 aromatic rings. The summed E-state index contributed by atoms with van der Waals surface area (Å²) in [5.74, 6) is -0.184. The lowest BCUT2D eigenvalue weighted by Gasteiger charge is -2.18. The van der Waals surface area contributed by atoms with Gasteiger partial charge in [0.05, 0.1) is 12.2 Å². The van der Waals surface area contributed by atoms with Gasteiger partial charge >= 0.3 is 0 Å². The van der Waals surface area contributed by atoms with Crippen LogP contribution in [-0.2, 0) is 11.3 Å². The molecule has 148 valence electrons. The number of hydrogen-bond acceptors (Lipinski definition) is 6. The molecule has 0 aliphatic heterocycles. The maximum Gasteiger partial charge on any atom is 0.251 e. The maximum absolute atomic E-state index is 14.4. The van der Waals surface area contributed by atoms with Crippen LogP contribution in [0.1, 0.15) is 28.1 Å². The topological polar surface area (TPSA) is 87.2 Å². The second-order valence-corrected chi connectivity index (χ2v) is 7.73. The van der Waals surface area contributed by atoms with Gasteiger partial charge in [-0.25, -0.2) is 14.4 Å². The Morgan fingerprint density at radius 3 is 2.86 bits per heavy atom. The molecule has 1 fully saturated rings. The number of amides is 2. The molecule has 2 N–H and O–H groups in total. The zero-order valence-corrected chi connectivity index (χ0v) is 16.2. The highest BCUT2D eigenvalue weighted by Crippen LogP contribution is 2.27. The van der Waals surface area contributed by atoms with Gasteiger partial charge < -0.3 is 15.5 Å². The van der Waals surface area contributed by atoms with Gasteiger partial charge in [0.15, 0.2) is 5.13 Å². The third-order valence-electron chi connectivity index (χ3n) is 4.34. The molecule has 29 heavy (non-hydrogen) atoms. The van der Waals surface area contributed by atoms with Crippen molar-refractivity contribution in [2.45, 2.75) is 25.4 Å². The molecule has 0 spiro atoms. The van der Waals surface area contributed by atoms with Crippen LogP contribution in [0.5, 0.6) is 0 Å². The Bertz CT molecular complexity index is 1020. The smallest absolute Gasteiger partial charge is 0.251 e. The highest BCUT2D eigenvalue weighted by molar-refractivity contribution is 7.15. The van der Waals surface area contributed by atoms with E-state index < -0.39 is 5.82 Å². The van der Waals surface area contributed by atoms with Crippen LogP contribution in [0.3, 0.4) is 0 Å². The van der Waals surface area contributed by atoms with Crippen molar-refractivity contribution < 1.29 is 14.0 Å². The first-order valence-electron chi connectivity index (χ1n) is 9.07. The van der Waals surface area contributed by atoms with E-state index >= 15 is 0 Å². The average molecular weight is 411 g/mol. The lowest BCUT2D eigenvalue weighted by Crippen LogP contribution is -2.26. The summed E-state index contributed by atoms with van der Waals surface area (Å²) in [5.41, 5.74) is 0.373. The molecular weight excluding hydrogens is 393 g/mol. The average Bonchev–Trinajstić information content (AvgIpc) is 3.44. The van der Waals surface area contributed by atoms with E-state index in [9.17, 15) is 14.0 Å². The first kappa shape index (κ1) is 19.0. The van der Waals surface area contributed by atoms with E-state index in [1.807, 2.05) is 18.2 Å². The predicted octanol–water partition coefficient (Wildman–Crippen LogP) is 3.48. The van der Waals surface area contributed by atoms with Gasteiger partial charge in [-0.1, -0.05) is 17.4 Å². The predicted molar refractivity (Wildman–Crippen MR) is 109 cm³/mol. The molecule has 1 saturated carbocycles. The van der Waals surface area contributed by atoms with Gasteiger partial charge in [0.25, 0.3) is 5.91 Å². The normalized spacial score (nSPS) is 13.0. The third kappa shape index (κ3) is 4.75. The van der Waals surface area contributed by atoms with Crippen molar-refractivity contribution >= 4 is 40.3 Å². The number of rotatable bonds is 8. The molecule has 0 unspecified atom stereocenters. The molecule has 4 rings (SSSR count). The summed E-state index contributed by atoms with van der Waals surface area (Å²) < 4.78 is 14.4. The van der Waals surface area contributed by atoms with Gasteiger partial charge in [0, 0.05) is 28.9 Å². The van der Waals surface area contributed by atoms with Crippen LogP contribution >= 0.6 is 11.3 Å². The van der Waals surface area contributed by atoms with Crippen LogP contribution in [0.25, 0.3) is 0 Å². The van der Waals surface area contributed by atoms with Crippen molar-refractivity contribution in [2.75, 3.05) is 10.2 Å². The zero-order valence-electron chi connectivity index (χ0n) is 15.3. The van der Waals surface area contributed by atoms with Crippen LogP contribution in [0, 0.1) is 5.82 Å². The van der Waals surface area contributed by atoms with Gasteiger partial charge in [0.2, 0.25) is 6.41 Å². The van der Waals surface area contributed by atoms with Crippen molar-refractivity contribution in [2.24, 2.45) is 0 Å². The van der Waals surface area contributed by atoms with Gasteiger partial charge in [-0.2, -0.15) is 0 Å². The van der Waals surface area contributed by atoms with Crippen LogP contribution < -0.4 is 15.5 Å². The van der Waals surface area contributed by atoms with E-state index in [0.29, 0.717) is 22.9 Å². The molecular formula is C20H18FN5O2S. The molecule has 2 amide bonds. The Morgan fingerprint density at radius 1 is 1.28 bits per heavy atom. The number of hydrogen-bond donors (Lipinski definition) is 2. The minimum Gasteiger partial charge on any atom is -0.349 e. The fraction of sp³-hybridized carbons (Fsp3) is 0.200. The number of nitrogens with zero attached hydrogens (tertiary/aromatic N) is 3. The minimum atomic E-state index is -0.573. The van der Waals surface area contributed by atoms with E-state index in [1.165, 1.54) is 34.4 Å². The molecule has 0 bridgehead atoms. The number of halogens is 1. The molecule has 0 radical (unpaired) electrons. The van der Waals surface area contributed by atoms with Crippen molar-refractivity contribution in [1.29, 1.82) is 0 Å². The summed E-state index contributed by atoms with van der Waals surface area (Å²) in [6, 6.07) is 9.69. The van der Waals surface area contributed by atoms with Crippen molar-refractivity contribution in [1.82, 2.24) is 15.3 Å². The largest absolute Gasteiger partial charge is 0.349 e. The fourth-order valence-electron chi connectivity index (χ4n) is 2.70. The van der Waals surface area contributed by atoms with E-state index in [4.69, 9.17) is 0 Å². The van der Waals surface area contributed by atoms with Crippen molar-refractivity contribution in [3.05, 3.63) is 65.0 Å². The summed E-state index contributed by atoms with van der Waals surface area (Å²) in [4.78, 5) is 34.3. The molecule has 9 heteroatoms. The monoisotopic (exact) mass is 411 g/mol. The van der Waals surface area contributed by atoms with Gasteiger partial charge in [0.1, 0.15) is 11.6 Å². The summed E-state index contributed by atoms with van der Waals surface area (Å²) in [7, 11) is 0. The molecule has 0 atom stereocenters. The van der Waals surface area contributed by atoms with Gasteiger partial charge in [-0.3, -0.25) is 9.59 Å². The summed E-state index contributed by atoms with van der Waals surface area (Å²) in [5, 5.41) is 6.55. The minimum absolute atomic E-state index is 0.0519. The van der Waals surface area contributed by atoms with Crippen molar-refractivity contribution in [3.63, 3.8) is 0 Å². The molecule has 1 aliphatic carbocycles. The quantitative estimate of drug-likeness (QED) is 0.554. The zero-order chi connectivity index (χ0) is 20.2. The van der Waals surface area contributed by atoms with E-state index in [-0.39, 0.29) is 24.2 Å². The second kappa shape index (κ2) is 8.36. The standard InChI is InChI=1S/C20H18FN5O2S/c21-16-7-4-13(19(28)24-14-5-6-14)9-17(16)26(12-27)11-15-10-23-20(29-15)25-18-3-1-2-8-22-18/h1-4,7-10,12,14H,5-6,11H2,(H,24,28)(H,22,23,25). The lowest BCUT2D eigenvalue weighted by atomic mass is 10.1. The Hall–Kier alpha value is -3.33. The maximum atomic E-state index is 14.4. The third-order valence-corrected chi connectivity index (χ3v) is 5.23. The molecule has 0 saturated heterocycles. The second-order valence-electron chi connectivity index (χ2n) is 6.62. The molecule has 1 aromatic carbocycles. The van der Waals surface area contributed by atoms with Crippen LogP contribution in [0.15, 0.2) is 48.8 Å². The number of benzene rings is 1. The summed E-state index contributed by atoms with van der Waals surface area (Å²) in [6.45, 7) is 0.135. The van der Waals surface area contributed by atoms with Crippen LogP contribution in [-0.4, -0.2) is 28.3 Å². The Labute approximate surface area is 170 Å². The molecule has 7 nitrogen and oxygen atoms in total. The van der Waals surface area contributed by atoms with Gasteiger partial charge in [-0.05, 0) is 43.2 Å². The summed E-state index contributed by atoms with van der Waals surface area (Å²) >= 11 is 1.33. The van der Waals surface area contributed by atoms with E-state index in [0.717, 1.165) is 17.7 Å². The molecule has 2 aromatic heterocycles. The van der Waals surface area contributed by atoms with Crippen molar-refractivity contribution in [3.8, 4) is 0 Å². The number of aromatic nitrogens is 2. The first-order chi connectivity index (χ1) is 14.1. The molecule has 2 heterocycles. The van der Waals surface area contributed by atoms with Crippen LogP contribution in [0.2, 0.25) is 0 Å². The number of pyridine rings is 1. The van der Waals surface area contributed by atoms with E-state index in [1.54, 1.807) is 12.4 Å². The Kier molecular flexibility index (Phi) is 5.48. The van der Waals surface area contributed by atoms with Crippen LogP contribution in [0.4, 0.5) is 21.0 Å². The Balaban J connectivity index is 1.49. The number of anilines is 3. The highest BCUT2D eigenvalue weighted by Gasteiger charge is 2.24. The first-order valence-corrected chi connectivity index (χ1v) is 9.89. The Morgan fingerprint density at radius 2 is 2.14 bits per heavy atom. The number of nitrogens with one attached hydrogen (secondary N) is 2. The van der Waals surface area contributed by atoms with E-state index in [2.05, 4.69) is 20.6 Å². The summed E-state index contributed by atoms with van der Waals surface area (Å²) in [6.07, 6.45) is 5.75. The number of carbonyl (C=O) groups excluding carboxylic acids is 2. The molecule has 1 aliphatic rings. The lowest BCUT2D eigenvalue weighted by molar-refractivity contribution is -0.107. The highest BCUT2D eigenvalue weighted by atomic mass is 32.1. The fourth-order valence-corrected chi connectivity index (χ4v) is 3.52. The van der Waals surface area contributed by atoms with Gasteiger partial charge in [-0.15, -0.1) is 0 Å².